The molecule has 5 nitrogen and oxygen atoms in total. The standard InChI is InChI=1S/C25H22ClN3O2S/c26-20-10-11-22-23(18-20)27-13-12-24(22)28-14-16-29(17-15-28)32(30,31)25-9-5-4-8-21(25)19-6-2-1-3-7-19/h1-13,18H,14-17H2. The fourth-order valence-corrected chi connectivity index (χ4v) is 6.04. The second-order valence-corrected chi connectivity index (χ2v) is 10.1. The number of anilines is 1. The first kappa shape index (κ1) is 20.9. The Labute approximate surface area is 192 Å². The van der Waals surface area contributed by atoms with E-state index < -0.39 is 10.0 Å². The average molecular weight is 464 g/mol. The minimum atomic E-state index is -3.62. The number of sulfonamides is 1. The number of aromatic nitrogens is 1. The Bertz CT molecular complexity index is 1370. The molecule has 4 aromatic rings. The van der Waals surface area contributed by atoms with Gasteiger partial charge in [0.1, 0.15) is 0 Å². The van der Waals surface area contributed by atoms with E-state index in [1.165, 1.54) is 0 Å². The van der Waals surface area contributed by atoms with E-state index in [0.29, 0.717) is 36.1 Å². The highest BCUT2D eigenvalue weighted by Crippen LogP contribution is 2.32. The van der Waals surface area contributed by atoms with Crippen molar-refractivity contribution in [1.29, 1.82) is 0 Å². The van der Waals surface area contributed by atoms with Gasteiger partial charge in [-0.3, -0.25) is 4.98 Å². The van der Waals surface area contributed by atoms with Gasteiger partial charge in [0.15, 0.2) is 0 Å². The maximum atomic E-state index is 13.6. The minimum Gasteiger partial charge on any atom is -0.368 e. The number of hydrogen-bond donors (Lipinski definition) is 0. The van der Waals surface area contributed by atoms with Crippen LogP contribution >= 0.6 is 11.6 Å². The first-order valence-electron chi connectivity index (χ1n) is 10.5. The summed E-state index contributed by atoms with van der Waals surface area (Å²) in [5, 5.41) is 1.66. The number of rotatable bonds is 4. The third-order valence-electron chi connectivity index (χ3n) is 5.85. The lowest BCUT2D eigenvalue weighted by atomic mass is 10.1. The molecular weight excluding hydrogens is 442 g/mol. The Balaban J connectivity index is 1.41. The molecule has 32 heavy (non-hydrogen) atoms. The van der Waals surface area contributed by atoms with Crippen molar-refractivity contribution in [3.8, 4) is 11.1 Å². The zero-order valence-electron chi connectivity index (χ0n) is 17.4. The molecule has 7 heteroatoms. The van der Waals surface area contributed by atoms with Crippen LogP contribution in [0.5, 0.6) is 0 Å². The molecule has 1 fully saturated rings. The third-order valence-corrected chi connectivity index (χ3v) is 8.04. The van der Waals surface area contributed by atoms with Gasteiger partial charge in [-0.2, -0.15) is 4.31 Å². The van der Waals surface area contributed by atoms with Crippen molar-refractivity contribution in [3.05, 3.63) is 90.1 Å². The zero-order valence-corrected chi connectivity index (χ0v) is 18.9. The molecule has 0 bridgehead atoms. The van der Waals surface area contributed by atoms with Crippen LogP contribution in [0.25, 0.3) is 22.0 Å². The normalized spacial score (nSPS) is 15.2. The van der Waals surface area contributed by atoms with Gasteiger partial charge in [0.05, 0.1) is 10.4 Å². The van der Waals surface area contributed by atoms with E-state index in [2.05, 4.69) is 9.88 Å². The molecule has 0 spiro atoms. The lowest BCUT2D eigenvalue weighted by molar-refractivity contribution is 0.385. The van der Waals surface area contributed by atoms with Crippen LogP contribution in [0.4, 0.5) is 5.69 Å². The SMILES string of the molecule is O=S(=O)(c1ccccc1-c1ccccc1)N1CCN(c2ccnc3cc(Cl)ccc23)CC1. The third kappa shape index (κ3) is 3.86. The summed E-state index contributed by atoms with van der Waals surface area (Å²) in [6.45, 7) is 2.05. The number of pyridine rings is 1. The highest BCUT2D eigenvalue weighted by atomic mass is 35.5. The first-order chi connectivity index (χ1) is 15.5. The Kier molecular flexibility index (Phi) is 5.59. The summed E-state index contributed by atoms with van der Waals surface area (Å²) in [6, 6.07) is 24.5. The summed E-state index contributed by atoms with van der Waals surface area (Å²) in [5.41, 5.74) is 3.51. The number of hydrogen-bond acceptors (Lipinski definition) is 4. The van der Waals surface area contributed by atoms with Crippen LogP contribution in [0.1, 0.15) is 0 Å². The molecule has 0 N–H and O–H groups in total. The molecule has 0 radical (unpaired) electrons. The van der Waals surface area contributed by atoms with Crippen molar-refractivity contribution in [1.82, 2.24) is 9.29 Å². The summed E-state index contributed by atoms with van der Waals surface area (Å²) in [5.74, 6) is 0. The molecule has 0 amide bonds. The lowest BCUT2D eigenvalue weighted by Crippen LogP contribution is -2.48. The molecule has 5 rings (SSSR count). The zero-order chi connectivity index (χ0) is 22.1. The Morgan fingerprint density at radius 2 is 1.53 bits per heavy atom. The minimum absolute atomic E-state index is 0.351. The molecular formula is C25H22ClN3O2S. The van der Waals surface area contributed by atoms with Gasteiger partial charge in [-0.05, 0) is 35.9 Å². The number of halogens is 1. The van der Waals surface area contributed by atoms with Crippen molar-refractivity contribution < 1.29 is 8.42 Å². The van der Waals surface area contributed by atoms with Gasteiger partial charge in [-0.15, -0.1) is 0 Å². The predicted molar refractivity (Wildman–Crippen MR) is 130 cm³/mol. The van der Waals surface area contributed by atoms with E-state index in [0.717, 1.165) is 27.7 Å². The summed E-state index contributed by atoms with van der Waals surface area (Å²) < 4.78 is 28.7. The van der Waals surface area contributed by atoms with E-state index in [1.54, 1.807) is 22.6 Å². The van der Waals surface area contributed by atoms with Crippen LogP contribution in [-0.4, -0.2) is 43.9 Å². The van der Waals surface area contributed by atoms with Gasteiger partial charge in [-0.1, -0.05) is 60.1 Å². The monoisotopic (exact) mass is 463 g/mol. The van der Waals surface area contributed by atoms with Crippen molar-refractivity contribution >= 4 is 38.2 Å². The molecule has 162 valence electrons. The topological polar surface area (TPSA) is 53.5 Å². The predicted octanol–water partition coefficient (Wildman–Crippen LogP) is 5.07. The molecule has 1 saturated heterocycles. The Hall–Kier alpha value is -2.93. The molecule has 0 atom stereocenters. The molecule has 1 aliphatic heterocycles. The van der Waals surface area contributed by atoms with E-state index in [9.17, 15) is 8.42 Å². The number of piperazine rings is 1. The van der Waals surface area contributed by atoms with Crippen molar-refractivity contribution in [2.24, 2.45) is 0 Å². The molecule has 3 aromatic carbocycles. The van der Waals surface area contributed by atoms with Gasteiger partial charge in [0, 0.05) is 54.0 Å². The fourth-order valence-electron chi connectivity index (χ4n) is 4.24. The van der Waals surface area contributed by atoms with Crippen LogP contribution in [0.2, 0.25) is 5.02 Å². The largest absolute Gasteiger partial charge is 0.368 e. The van der Waals surface area contributed by atoms with Crippen LogP contribution in [-0.2, 0) is 10.0 Å². The van der Waals surface area contributed by atoms with Gasteiger partial charge < -0.3 is 4.90 Å². The van der Waals surface area contributed by atoms with Gasteiger partial charge >= 0.3 is 0 Å². The summed E-state index contributed by atoms with van der Waals surface area (Å²) in [4.78, 5) is 6.98. The van der Waals surface area contributed by atoms with Crippen LogP contribution < -0.4 is 4.90 Å². The smallest absolute Gasteiger partial charge is 0.243 e. The maximum Gasteiger partial charge on any atom is 0.243 e. The van der Waals surface area contributed by atoms with Gasteiger partial charge in [0.2, 0.25) is 10.0 Å². The van der Waals surface area contributed by atoms with Gasteiger partial charge in [0.25, 0.3) is 0 Å². The van der Waals surface area contributed by atoms with E-state index in [-0.39, 0.29) is 0 Å². The number of fused-ring (bicyclic) bond motifs is 1. The quantitative estimate of drug-likeness (QED) is 0.424. The molecule has 0 unspecified atom stereocenters. The lowest BCUT2D eigenvalue weighted by Gasteiger charge is -2.36. The van der Waals surface area contributed by atoms with Crippen LogP contribution in [0.15, 0.2) is 90.0 Å². The number of benzene rings is 3. The molecule has 0 aliphatic carbocycles. The van der Waals surface area contributed by atoms with Crippen LogP contribution in [0.3, 0.4) is 0 Å². The van der Waals surface area contributed by atoms with E-state index >= 15 is 0 Å². The highest BCUT2D eigenvalue weighted by Gasteiger charge is 2.30. The summed E-state index contributed by atoms with van der Waals surface area (Å²) >= 11 is 6.11. The van der Waals surface area contributed by atoms with Crippen LogP contribution in [0, 0.1) is 0 Å². The molecule has 1 aromatic heterocycles. The van der Waals surface area contributed by atoms with E-state index in [1.807, 2.05) is 66.7 Å². The summed E-state index contributed by atoms with van der Waals surface area (Å²) in [7, 11) is -3.62. The maximum absolute atomic E-state index is 13.6. The van der Waals surface area contributed by atoms with Crippen molar-refractivity contribution in [2.45, 2.75) is 4.90 Å². The second-order valence-electron chi connectivity index (χ2n) is 7.74. The Morgan fingerprint density at radius 3 is 2.31 bits per heavy atom. The first-order valence-corrected chi connectivity index (χ1v) is 12.3. The number of nitrogens with zero attached hydrogens (tertiary/aromatic N) is 3. The van der Waals surface area contributed by atoms with Gasteiger partial charge in [-0.25, -0.2) is 8.42 Å². The second kappa shape index (κ2) is 8.54. The van der Waals surface area contributed by atoms with E-state index in [4.69, 9.17) is 11.6 Å². The fraction of sp³-hybridized carbons (Fsp3) is 0.160. The molecule has 2 heterocycles. The van der Waals surface area contributed by atoms with Crippen molar-refractivity contribution in [2.75, 3.05) is 31.1 Å². The van der Waals surface area contributed by atoms with Crippen molar-refractivity contribution in [3.63, 3.8) is 0 Å². The average Bonchev–Trinajstić information content (AvgIpc) is 2.84. The molecule has 0 saturated carbocycles. The molecule has 1 aliphatic rings. The Morgan fingerprint density at radius 1 is 0.812 bits per heavy atom. The summed E-state index contributed by atoms with van der Waals surface area (Å²) in [6.07, 6.45) is 1.77. The highest BCUT2D eigenvalue weighted by molar-refractivity contribution is 7.89.